The van der Waals surface area contributed by atoms with Crippen LogP contribution in [0.25, 0.3) is 0 Å². The molecule has 1 saturated carbocycles. The largest absolute Gasteiger partial charge is 0.392 e. The van der Waals surface area contributed by atoms with E-state index in [9.17, 15) is 9.90 Å². The van der Waals surface area contributed by atoms with Crippen LogP contribution >= 0.6 is 0 Å². The first-order chi connectivity index (χ1) is 12.2. The van der Waals surface area contributed by atoms with Crippen LogP contribution in [-0.4, -0.2) is 59.6 Å². The van der Waals surface area contributed by atoms with Crippen molar-refractivity contribution in [2.75, 3.05) is 32.7 Å². The lowest BCUT2D eigenvalue weighted by Crippen LogP contribution is -2.45. The van der Waals surface area contributed by atoms with Crippen LogP contribution in [0.3, 0.4) is 0 Å². The van der Waals surface area contributed by atoms with Gasteiger partial charge in [-0.15, -0.1) is 0 Å². The number of carbonyl (C=O) groups is 1. The molecule has 0 aromatic heterocycles. The van der Waals surface area contributed by atoms with Crippen molar-refractivity contribution in [2.45, 2.75) is 45.4 Å². The molecular formula is C20H31N3O2. The highest BCUT2D eigenvalue weighted by atomic mass is 16.3. The van der Waals surface area contributed by atoms with Gasteiger partial charge in [0, 0.05) is 39.3 Å². The van der Waals surface area contributed by atoms with E-state index < -0.39 is 6.10 Å². The molecular weight excluding hydrogens is 314 g/mol. The van der Waals surface area contributed by atoms with Gasteiger partial charge in [0.25, 0.3) is 0 Å². The normalized spacial score (nSPS) is 25.2. The molecule has 0 spiro atoms. The highest BCUT2D eigenvalue weighted by molar-refractivity contribution is 5.79. The van der Waals surface area contributed by atoms with Crippen molar-refractivity contribution in [1.29, 1.82) is 0 Å². The van der Waals surface area contributed by atoms with Crippen molar-refractivity contribution < 1.29 is 9.90 Å². The van der Waals surface area contributed by atoms with E-state index in [0.717, 1.165) is 58.5 Å². The number of piperazine rings is 1. The monoisotopic (exact) mass is 345 g/mol. The predicted octanol–water partition coefficient (Wildman–Crippen LogP) is 1.60. The van der Waals surface area contributed by atoms with Gasteiger partial charge in [-0.25, -0.2) is 0 Å². The fraction of sp³-hybridized carbons (Fsp3) is 0.650. The SMILES string of the molecule is CCN1CCN(Cc2ccccc2CNC(=O)C2CCCC2O)CC1. The van der Waals surface area contributed by atoms with Gasteiger partial charge in [0.05, 0.1) is 12.0 Å². The van der Waals surface area contributed by atoms with Crippen molar-refractivity contribution >= 4 is 5.91 Å². The van der Waals surface area contributed by atoms with Crippen LogP contribution in [0, 0.1) is 5.92 Å². The van der Waals surface area contributed by atoms with Gasteiger partial charge < -0.3 is 15.3 Å². The van der Waals surface area contributed by atoms with E-state index >= 15 is 0 Å². The molecule has 2 N–H and O–H groups in total. The zero-order chi connectivity index (χ0) is 17.6. The van der Waals surface area contributed by atoms with Crippen LogP contribution in [0.2, 0.25) is 0 Å². The summed E-state index contributed by atoms with van der Waals surface area (Å²) in [6.07, 6.45) is 2.03. The minimum absolute atomic E-state index is 0.00337. The molecule has 1 amide bonds. The smallest absolute Gasteiger partial charge is 0.225 e. The lowest BCUT2D eigenvalue weighted by Gasteiger charge is -2.34. The lowest BCUT2D eigenvalue weighted by molar-refractivity contribution is -0.127. The van der Waals surface area contributed by atoms with E-state index in [1.807, 2.05) is 6.07 Å². The Labute approximate surface area is 151 Å². The van der Waals surface area contributed by atoms with E-state index in [-0.39, 0.29) is 11.8 Å². The molecule has 1 aromatic rings. The number of rotatable bonds is 6. The first-order valence-corrected chi connectivity index (χ1v) is 9.64. The maximum absolute atomic E-state index is 12.3. The topological polar surface area (TPSA) is 55.8 Å². The highest BCUT2D eigenvalue weighted by Crippen LogP contribution is 2.25. The molecule has 5 heteroatoms. The summed E-state index contributed by atoms with van der Waals surface area (Å²) in [5.41, 5.74) is 2.47. The summed E-state index contributed by atoms with van der Waals surface area (Å²) >= 11 is 0. The molecule has 138 valence electrons. The van der Waals surface area contributed by atoms with Gasteiger partial charge in [-0.3, -0.25) is 9.69 Å². The minimum atomic E-state index is -0.467. The number of amides is 1. The van der Waals surface area contributed by atoms with E-state index in [1.165, 1.54) is 11.1 Å². The summed E-state index contributed by atoms with van der Waals surface area (Å²) in [7, 11) is 0. The Morgan fingerprint density at radius 2 is 1.80 bits per heavy atom. The number of likely N-dealkylation sites (N-methyl/N-ethyl adjacent to an activating group) is 1. The second-order valence-electron chi connectivity index (χ2n) is 7.30. The molecule has 1 heterocycles. The fourth-order valence-corrected chi connectivity index (χ4v) is 3.95. The Kier molecular flexibility index (Phi) is 6.45. The first kappa shape index (κ1) is 18.4. The molecule has 2 aliphatic rings. The van der Waals surface area contributed by atoms with E-state index in [4.69, 9.17) is 0 Å². The van der Waals surface area contributed by atoms with Crippen molar-refractivity contribution in [3.8, 4) is 0 Å². The molecule has 3 rings (SSSR count). The molecule has 1 aliphatic carbocycles. The first-order valence-electron chi connectivity index (χ1n) is 9.64. The van der Waals surface area contributed by atoms with Crippen LogP contribution in [0.1, 0.15) is 37.3 Å². The van der Waals surface area contributed by atoms with E-state index in [1.54, 1.807) is 0 Å². The molecule has 1 saturated heterocycles. The lowest BCUT2D eigenvalue weighted by atomic mass is 10.0. The number of aliphatic hydroxyl groups excluding tert-OH is 1. The third-order valence-electron chi connectivity index (χ3n) is 5.69. The Morgan fingerprint density at radius 1 is 1.12 bits per heavy atom. The number of nitrogens with one attached hydrogen (secondary N) is 1. The van der Waals surface area contributed by atoms with Crippen LogP contribution in [0.4, 0.5) is 0 Å². The van der Waals surface area contributed by atoms with Gasteiger partial charge in [-0.2, -0.15) is 0 Å². The number of nitrogens with zero attached hydrogens (tertiary/aromatic N) is 2. The predicted molar refractivity (Wildman–Crippen MR) is 99.0 cm³/mol. The number of benzene rings is 1. The zero-order valence-electron chi connectivity index (χ0n) is 15.3. The second kappa shape index (κ2) is 8.79. The average Bonchev–Trinajstić information content (AvgIpc) is 3.07. The summed E-state index contributed by atoms with van der Waals surface area (Å²) in [4.78, 5) is 17.3. The van der Waals surface area contributed by atoms with E-state index in [0.29, 0.717) is 6.54 Å². The quantitative estimate of drug-likeness (QED) is 0.822. The molecule has 2 atom stereocenters. The van der Waals surface area contributed by atoms with Gasteiger partial charge in [0.2, 0.25) is 5.91 Å². The van der Waals surface area contributed by atoms with Crippen molar-refractivity contribution in [1.82, 2.24) is 15.1 Å². The van der Waals surface area contributed by atoms with Crippen LogP contribution in [0.15, 0.2) is 24.3 Å². The number of carbonyl (C=O) groups excluding carboxylic acids is 1. The van der Waals surface area contributed by atoms with Gasteiger partial charge in [-0.1, -0.05) is 31.2 Å². The number of hydrogen-bond acceptors (Lipinski definition) is 4. The van der Waals surface area contributed by atoms with Crippen molar-refractivity contribution in [3.05, 3.63) is 35.4 Å². The second-order valence-corrected chi connectivity index (χ2v) is 7.30. The standard InChI is InChI=1S/C20H31N3O2/c1-2-22-10-12-23(13-11-22)15-17-7-4-3-6-16(17)14-21-20(25)18-8-5-9-19(18)24/h3-4,6-7,18-19,24H,2,5,8-15H2,1H3,(H,21,25). The zero-order valence-corrected chi connectivity index (χ0v) is 15.3. The van der Waals surface area contributed by atoms with Crippen LogP contribution < -0.4 is 5.32 Å². The Bertz CT molecular complexity index is 570. The fourth-order valence-electron chi connectivity index (χ4n) is 3.95. The summed E-state index contributed by atoms with van der Waals surface area (Å²) < 4.78 is 0. The van der Waals surface area contributed by atoms with Gasteiger partial charge in [-0.05, 0) is 36.9 Å². The molecule has 1 aromatic carbocycles. The maximum atomic E-state index is 12.3. The average molecular weight is 345 g/mol. The number of hydrogen-bond donors (Lipinski definition) is 2. The molecule has 2 unspecified atom stereocenters. The minimum Gasteiger partial charge on any atom is -0.392 e. The van der Waals surface area contributed by atoms with Gasteiger partial charge in [0.1, 0.15) is 0 Å². The molecule has 2 fully saturated rings. The maximum Gasteiger partial charge on any atom is 0.225 e. The van der Waals surface area contributed by atoms with Gasteiger partial charge >= 0.3 is 0 Å². The molecule has 0 bridgehead atoms. The third kappa shape index (κ3) is 4.81. The molecule has 25 heavy (non-hydrogen) atoms. The third-order valence-corrected chi connectivity index (χ3v) is 5.69. The molecule has 1 aliphatic heterocycles. The Hall–Kier alpha value is -1.43. The summed E-state index contributed by atoms with van der Waals surface area (Å²) in [6.45, 7) is 9.30. The van der Waals surface area contributed by atoms with Crippen molar-refractivity contribution in [3.63, 3.8) is 0 Å². The van der Waals surface area contributed by atoms with Crippen molar-refractivity contribution in [2.24, 2.45) is 5.92 Å². The van der Waals surface area contributed by atoms with Crippen LogP contribution in [-0.2, 0) is 17.9 Å². The summed E-state index contributed by atoms with van der Waals surface area (Å²) in [5, 5.41) is 12.9. The number of aliphatic hydroxyl groups is 1. The van der Waals surface area contributed by atoms with Crippen LogP contribution in [0.5, 0.6) is 0 Å². The summed E-state index contributed by atoms with van der Waals surface area (Å²) in [5.74, 6) is -0.231. The Morgan fingerprint density at radius 3 is 2.44 bits per heavy atom. The molecule has 0 radical (unpaired) electrons. The summed E-state index contributed by atoms with van der Waals surface area (Å²) in [6, 6.07) is 8.37. The van der Waals surface area contributed by atoms with E-state index in [2.05, 4.69) is 40.2 Å². The molecule has 5 nitrogen and oxygen atoms in total. The van der Waals surface area contributed by atoms with Gasteiger partial charge in [0.15, 0.2) is 0 Å². The Balaban J connectivity index is 1.55. The highest BCUT2D eigenvalue weighted by Gasteiger charge is 2.31.